The first-order valence-corrected chi connectivity index (χ1v) is 13.9. The van der Waals surface area contributed by atoms with Crippen molar-refractivity contribution in [2.24, 2.45) is 0 Å². The number of rotatable bonds is 6. The number of halogens is 3. The maximum absolute atomic E-state index is 13.7. The number of carbonyl (C=O) groups excluding carboxylic acids is 2. The van der Waals surface area contributed by atoms with Gasteiger partial charge in [-0.25, -0.2) is 9.37 Å². The summed E-state index contributed by atoms with van der Waals surface area (Å²) in [5, 5.41) is 0.525. The Hall–Kier alpha value is -4.33. The van der Waals surface area contributed by atoms with Crippen molar-refractivity contribution >= 4 is 44.9 Å². The number of amides is 1. The van der Waals surface area contributed by atoms with E-state index in [-0.39, 0.29) is 30.7 Å². The molecule has 0 spiro atoms. The molecule has 0 fully saturated rings. The predicted octanol–water partition coefficient (Wildman–Crippen LogP) is 8.25. The summed E-state index contributed by atoms with van der Waals surface area (Å²) in [6, 6.07) is 30.0. The van der Waals surface area contributed by atoms with Crippen molar-refractivity contribution in [2.75, 3.05) is 18.1 Å². The highest BCUT2D eigenvalue weighted by Crippen LogP contribution is 2.38. The summed E-state index contributed by atoms with van der Waals surface area (Å²) in [7, 11) is 0. The Bertz CT molecular complexity index is 1710. The minimum atomic E-state index is -0.319. The number of Topliss-reactive ketones (excluding diaryl/α,β-unsaturated/α-hetero) is 1. The first-order chi connectivity index (χ1) is 19.8. The van der Waals surface area contributed by atoms with E-state index in [9.17, 15) is 14.0 Å². The molecule has 1 aromatic heterocycles. The van der Waals surface area contributed by atoms with Gasteiger partial charge in [0.1, 0.15) is 11.6 Å². The molecule has 0 radical (unpaired) electrons. The fraction of sp³-hybridized carbons (Fsp3) is 0.0606. The highest BCUT2D eigenvalue weighted by Gasteiger charge is 2.28. The van der Waals surface area contributed by atoms with Crippen LogP contribution in [0.15, 0.2) is 108 Å². The van der Waals surface area contributed by atoms with Gasteiger partial charge in [0.15, 0.2) is 12.4 Å². The van der Waals surface area contributed by atoms with Crippen LogP contribution in [0, 0.1) is 5.82 Å². The summed E-state index contributed by atoms with van der Waals surface area (Å²) in [5.41, 5.74) is 5.65. The molecule has 0 N–H and O–H groups in total. The van der Waals surface area contributed by atoms with Crippen molar-refractivity contribution in [3.05, 3.63) is 124 Å². The molecule has 2 heterocycles. The number of ether oxygens (including phenoxy) is 1. The van der Waals surface area contributed by atoms with Crippen LogP contribution in [0.4, 0.5) is 10.1 Å². The molecule has 1 aliphatic rings. The summed E-state index contributed by atoms with van der Waals surface area (Å²) < 4.78 is 20.3. The summed E-state index contributed by atoms with van der Waals surface area (Å²) in [4.78, 5) is 32.4. The molecule has 6 rings (SSSR count). The lowest BCUT2D eigenvalue weighted by atomic mass is 9.99. The standard InChI is InChI=1S/C33H21BrClFN2O3/c34-25-8-1-21(2-9-25)28-15-24(20-5-12-27(36)13-6-20)16-29(37-28)23-7-14-32-30(17-23)38(33(40)19-41-32)18-31(39)22-3-10-26(35)11-4-22/h1-17H,18-19H2. The van der Waals surface area contributed by atoms with Gasteiger partial charge in [-0.1, -0.05) is 51.8 Å². The zero-order chi connectivity index (χ0) is 28.5. The fourth-order valence-electron chi connectivity index (χ4n) is 4.66. The zero-order valence-electron chi connectivity index (χ0n) is 21.5. The second-order valence-electron chi connectivity index (χ2n) is 9.52. The summed E-state index contributed by atoms with van der Waals surface area (Å²) in [6.45, 7) is -0.306. The van der Waals surface area contributed by atoms with Crippen molar-refractivity contribution < 1.29 is 18.7 Å². The number of ketones is 1. The van der Waals surface area contributed by atoms with Crippen molar-refractivity contribution in [1.29, 1.82) is 0 Å². The number of nitrogens with zero attached hydrogens (tertiary/aromatic N) is 2. The second kappa shape index (κ2) is 11.3. The Balaban J connectivity index is 1.42. The van der Waals surface area contributed by atoms with Crippen LogP contribution in [0.1, 0.15) is 10.4 Å². The van der Waals surface area contributed by atoms with Gasteiger partial charge in [0.2, 0.25) is 0 Å². The molecule has 4 aromatic carbocycles. The number of benzene rings is 4. The van der Waals surface area contributed by atoms with E-state index in [2.05, 4.69) is 15.9 Å². The van der Waals surface area contributed by atoms with Crippen LogP contribution in [0.2, 0.25) is 5.02 Å². The smallest absolute Gasteiger partial charge is 0.265 e. The maximum Gasteiger partial charge on any atom is 0.265 e. The third-order valence-corrected chi connectivity index (χ3v) is 7.59. The molecule has 0 bridgehead atoms. The maximum atomic E-state index is 13.7. The number of hydrogen-bond donors (Lipinski definition) is 0. The van der Waals surface area contributed by atoms with Gasteiger partial charge in [0.25, 0.3) is 5.91 Å². The normalized spacial score (nSPS) is 12.6. The Morgan fingerprint density at radius 2 is 1.46 bits per heavy atom. The zero-order valence-corrected chi connectivity index (χ0v) is 23.8. The Morgan fingerprint density at radius 3 is 2.17 bits per heavy atom. The first kappa shape index (κ1) is 26.9. The Kier molecular flexibility index (Phi) is 7.39. The fourth-order valence-corrected chi connectivity index (χ4v) is 5.05. The van der Waals surface area contributed by atoms with Crippen molar-refractivity contribution in [2.45, 2.75) is 0 Å². The summed E-state index contributed by atoms with van der Waals surface area (Å²) >= 11 is 9.45. The van der Waals surface area contributed by atoms with Crippen LogP contribution < -0.4 is 9.64 Å². The molecule has 0 saturated carbocycles. The quantitative estimate of drug-likeness (QED) is 0.178. The monoisotopic (exact) mass is 626 g/mol. The molecule has 0 aliphatic carbocycles. The Labute approximate surface area is 249 Å². The van der Waals surface area contributed by atoms with E-state index in [1.54, 1.807) is 42.5 Å². The molecule has 1 aliphatic heterocycles. The van der Waals surface area contributed by atoms with Crippen LogP contribution in [-0.4, -0.2) is 29.8 Å². The molecular formula is C33H21BrClFN2O3. The van der Waals surface area contributed by atoms with Gasteiger partial charge in [0.05, 0.1) is 23.6 Å². The number of hydrogen-bond acceptors (Lipinski definition) is 4. The molecule has 0 atom stereocenters. The molecule has 41 heavy (non-hydrogen) atoms. The lowest BCUT2D eigenvalue weighted by Crippen LogP contribution is -2.42. The third-order valence-electron chi connectivity index (χ3n) is 6.81. The first-order valence-electron chi connectivity index (χ1n) is 12.7. The van der Waals surface area contributed by atoms with Gasteiger partial charge < -0.3 is 4.74 Å². The lowest BCUT2D eigenvalue weighted by Gasteiger charge is -2.29. The van der Waals surface area contributed by atoms with E-state index in [1.807, 2.05) is 48.5 Å². The largest absolute Gasteiger partial charge is 0.482 e. The molecular weight excluding hydrogens is 607 g/mol. The van der Waals surface area contributed by atoms with E-state index < -0.39 is 0 Å². The topological polar surface area (TPSA) is 59.5 Å². The highest BCUT2D eigenvalue weighted by molar-refractivity contribution is 9.10. The summed E-state index contributed by atoms with van der Waals surface area (Å²) in [5.74, 6) is -0.355. The SMILES string of the molecule is O=C(CN1C(=O)COc2ccc(-c3cc(-c4ccc(F)cc4)cc(-c4ccc(Br)cc4)n3)cc21)c1ccc(Cl)cc1. The van der Waals surface area contributed by atoms with Gasteiger partial charge in [-0.05, 0) is 90.0 Å². The van der Waals surface area contributed by atoms with Crippen LogP contribution in [-0.2, 0) is 4.79 Å². The second-order valence-corrected chi connectivity index (χ2v) is 10.9. The lowest BCUT2D eigenvalue weighted by molar-refractivity contribution is -0.121. The third kappa shape index (κ3) is 5.78. The van der Waals surface area contributed by atoms with Gasteiger partial charge in [-0.3, -0.25) is 14.5 Å². The van der Waals surface area contributed by atoms with E-state index in [0.29, 0.717) is 27.7 Å². The molecule has 5 nitrogen and oxygen atoms in total. The van der Waals surface area contributed by atoms with Gasteiger partial charge in [-0.2, -0.15) is 0 Å². The van der Waals surface area contributed by atoms with Crippen LogP contribution >= 0.6 is 27.5 Å². The Morgan fingerprint density at radius 1 is 0.829 bits per heavy atom. The van der Waals surface area contributed by atoms with E-state index in [0.717, 1.165) is 32.4 Å². The van der Waals surface area contributed by atoms with E-state index in [4.69, 9.17) is 21.3 Å². The van der Waals surface area contributed by atoms with Crippen LogP contribution in [0.5, 0.6) is 5.75 Å². The minimum absolute atomic E-state index is 0.145. The van der Waals surface area contributed by atoms with Crippen LogP contribution in [0.25, 0.3) is 33.6 Å². The number of pyridine rings is 1. The average molecular weight is 628 g/mol. The molecule has 202 valence electrons. The summed E-state index contributed by atoms with van der Waals surface area (Å²) in [6.07, 6.45) is 0. The van der Waals surface area contributed by atoms with Crippen LogP contribution in [0.3, 0.4) is 0 Å². The predicted molar refractivity (Wildman–Crippen MR) is 162 cm³/mol. The number of fused-ring (bicyclic) bond motifs is 1. The number of anilines is 1. The molecule has 8 heteroatoms. The highest BCUT2D eigenvalue weighted by atomic mass is 79.9. The van der Waals surface area contributed by atoms with Crippen molar-refractivity contribution in [1.82, 2.24) is 4.98 Å². The minimum Gasteiger partial charge on any atom is -0.482 e. The van der Waals surface area contributed by atoms with E-state index in [1.165, 1.54) is 17.0 Å². The van der Waals surface area contributed by atoms with E-state index >= 15 is 0 Å². The molecule has 0 saturated heterocycles. The number of aromatic nitrogens is 1. The molecule has 1 amide bonds. The molecule has 0 unspecified atom stereocenters. The van der Waals surface area contributed by atoms with Gasteiger partial charge >= 0.3 is 0 Å². The van der Waals surface area contributed by atoms with Gasteiger partial charge in [-0.15, -0.1) is 0 Å². The average Bonchev–Trinajstić information content (AvgIpc) is 2.99. The van der Waals surface area contributed by atoms with Crippen molar-refractivity contribution in [3.63, 3.8) is 0 Å². The van der Waals surface area contributed by atoms with Crippen molar-refractivity contribution in [3.8, 4) is 39.4 Å². The number of carbonyl (C=O) groups is 2. The van der Waals surface area contributed by atoms with Gasteiger partial charge in [0, 0.05) is 26.2 Å². The molecule has 5 aromatic rings.